The van der Waals surface area contributed by atoms with E-state index < -0.39 is 0 Å². The van der Waals surface area contributed by atoms with E-state index in [0.717, 1.165) is 0 Å². The van der Waals surface area contributed by atoms with Gasteiger partial charge in [-0.1, -0.05) is 0 Å². The van der Waals surface area contributed by atoms with E-state index >= 15 is 0 Å². The molecule has 6 heteroatoms. The largest absolute Gasteiger partial charge is 0.504 e. The highest BCUT2D eigenvalue weighted by atomic mass is 79.9. The van der Waals surface area contributed by atoms with Crippen molar-refractivity contribution >= 4 is 21.6 Å². The summed E-state index contributed by atoms with van der Waals surface area (Å²) in [5.41, 5.74) is 0.407. The molecule has 5 nitrogen and oxygen atoms in total. The van der Waals surface area contributed by atoms with Crippen LogP contribution in [0.15, 0.2) is 39.5 Å². The fourth-order valence-corrected chi connectivity index (χ4v) is 1.81. The molecule has 0 aliphatic heterocycles. The lowest BCUT2D eigenvalue weighted by Crippen LogP contribution is -1.87. The molecule has 0 amide bonds. The Labute approximate surface area is 98.5 Å². The van der Waals surface area contributed by atoms with Crippen molar-refractivity contribution in [1.82, 2.24) is 14.6 Å². The zero-order valence-corrected chi connectivity index (χ0v) is 9.55. The van der Waals surface area contributed by atoms with E-state index in [4.69, 9.17) is 4.42 Å². The van der Waals surface area contributed by atoms with Gasteiger partial charge in [-0.05, 0) is 40.2 Å². The lowest BCUT2D eigenvalue weighted by Gasteiger charge is -1.96. The molecule has 80 valence electrons. The fourth-order valence-electron chi connectivity index (χ4n) is 1.50. The van der Waals surface area contributed by atoms with E-state index in [1.807, 2.05) is 0 Å². The maximum absolute atomic E-state index is 9.57. The van der Waals surface area contributed by atoms with Crippen LogP contribution < -0.4 is 0 Å². The first-order chi connectivity index (χ1) is 7.75. The topological polar surface area (TPSA) is 63.6 Å². The zero-order chi connectivity index (χ0) is 11.1. The highest BCUT2D eigenvalue weighted by molar-refractivity contribution is 9.10. The molecule has 0 unspecified atom stereocenters. The minimum Gasteiger partial charge on any atom is -0.504 e. The van der Waals surface area contributed by atoms with Crippen molar-refractivity contribution in [1.29, 1.82) is 0 Å². The van der Waals surface area contributed by atoms with E-state index in [1.54, 1.807) is 34.9 Å². The van der Waals surface area contributed by atoms with Crippen LogP contribution in [0.2, 0.25) is 0 Å². The molecule has 3 aromatic heterocycles. The highest BCUT2D eigenvalue weighted by Crippen LogP contribution is 2.26. The summed E-state index contributed by atoms with van der Waals surface area (Å²) in [6.45, 7) is 0. The first-order valence-corrected chi connectivity index (χ1v) is 5.33. The molecule has 3 rings (SSSR count). The molecule has 0 atom stereocenters. The number of aromatic hydroxyl groups is 1. The summed E-state index contributed by atoms with van der Waals surface area (Å²) in [6.07, 6.45) is 1.76. The quantitative estimate of drug-likeness (QED) is 0.743. The minimum absolute atomic E-state index is 0.0897. The number of rotatable bonds is 1. The van der Waals surface area contributed by atoms with Gasteiger partial charge in [0.15, 0.2) is 16.2 Å². The molecule has 0 aliphatic carbocycles. The standard InChI is InChI=1S/C10H6BrN3O2/c11-8-4-3-7(16-8)10-13-12-9-6(15)2-1-5-14(9)10/h1-5,15H. The third-order valence-corrected chi connectivity index (χ3v) is 2.63. The van der Waals surface area contributed by atoms with Gasteiger partial charge in [-0.15, -0.1) is 10.2 Å². The summed E-state index contributed by atoms with van der Waals surface area (Å²) in [5, 5.41) is 17.4. The van der Waals surface area contributed by atoms with Crippen LogP contribution in [0.3, 0.4) is 0 Å². The number of halogens is 1. The van der Waals surface area contributed by atoms with Gasteiger partial charge in [0.25, 0.3) is 0 Å². The number of aromatic nitrogens is 3. The van der Waals surface area contributed by atoms with Crippen LogP contribution in [-0.2, 0) is 0 Å². The molecule has 3 heterocycles. The molecule has 0 aliphatic rings. The van der Waals surface area contributed by atoms with Gasteiger partial charge >= 0.3 is 0 Å². The SMILES string of the molecule is Oc1cccn2c(-c3ccc(Br)o3)nnc12. The molecule has 0 radical (unpaired) electrons. The van der Waals surface area contributed by atoms with Crippen LogP contribution in [0.25, 0.3) is 17.2 Å². The molecule has 0 aromatic carbocycles. The lowest BCUT2D eigenvalue weighted by molar-refractivity contribution is 0.477. The van der Waals surface area contributed by atoms with Gasteiger partial charge < -0.3 is 9.52 Å². The highest BCUT2D eigenvalue weighted by Gasteiger charge is 2.13. The number of hydrogen-bond acceptors (Lipinski definition) is 4. The predicted octanol–water partition coefficient (Wildman–Crippen LogP) is 2.46. The number of furan rings is 1. The molecule has 3 aromatic rings. The number of hydrogen-bond donors (Lipinski definition) is 1. The minimum atomic E-state index is 0.0897. The van der Waals surface area contributed by atoms with Crippen molar-refractivity contribution in [2.75, 3.05) is 0 Å². The van der Waals surface area contributed by atoms with Crippen molar-refractivity contribution < 1.29 is 9.52 Å². The summed E-state index contributed by atoms with van der Waals surface area (Å²) in [5.74, 6) is 1.23. The second kappa shape index (κ2) is 3.34. The zero-order valence-electron chi connectivity index (χ0n) is 7.96. The van der Waals surface area contributed by atoms with E-state index in [0.29, 0.717) is 21.9 Å². The van der Waals surface area contributed by atoms with Crippen molar-refractivity contribution in [3.63, 3.8) is 0 Å². The monoisotopic (exact) mass is 279 g/mol. The van der Waals surface area contributed by atoms with Crippen molar-refractivity contribution in [2.45, 2.75) is 0 Å². The fraction of sp³-hybridized carbons (Fsp3) is 0. The van der Waals surface area contributed by atoms with Crippen LogP contribution in [0.1, 0.15) is 0 Å². The maximum atomic E-state index is 9.57. The first kappa shape index (κ1) is 9.41. The number of pyridine rings is 1. The van der Waals surface area contributed by atoms with Gasteiger partial charge in [0, 0.05) is 6.20 Å². The average Bonchev–Trinajstić information content (AvgIpc) is 2.84. The number of nitrogens with zero attached hydrogens (tertiary/aromatic N) is 3. The maximum Gasteiger partial charge on any atom is 0.204 e. The van der Waals surface area contributed by atoms with Crippen LogP contribution in [-0.4, -0.2) is 19.7 Å². The number of fused-ring (bicyclic) bond motifs is 1. The third kappa shape index (κ3) is 1.30. The predicted molar refractivity (Wildman–Crippen MR) is 60.1 cm³/mol. The van der Waals surface area contributed by atoms with Gasteiger partial charge in [0.1, 0.15) is 0 Å². The molecular formula is C10H6BrN3O2. The molecule has 16 heavy (non-hydrogen) atoms. The van der Waals surface area contributed by atoms with Crippen LogP contribution in [0.4, 0.5) is 0 Å². The van der Waals surface area contributed by atoms with Crippen LogP contribution >= 0.6 is 15.9 Å². The Morgan fingerprint density at radius 2 is 2.12 bits per heavy atom. The Bertz CT molecular complexity index is 659. The van der Waals surface area contributed by atoms with Gasteiger partial charge in [0.2, 0.25) is 11.5 Å². The van der Waals surface area contributed by atoms with Crippen molar-refractivity contribution in [3.8, 4) is 17.3 Å². The van der Waals surface area contributed by atoms with Gasteiger partial charge in [-0.2, -0.15) is 0 Å². The van der Waals surface area contributed by atoms with Crippen molar-refractivity contribution in [3.05, 3.63) is 35.1 Å². The van der Waals surface area contributed by atoms with Crippen molar-refractivity contribution in [2.24, 2.45) is 0 Å². The summed E-state index contributed by atoms with van der Waals surface area (Å²) in [4.78, 5) is 0. The summed E-state index contributed by atoms with van der Waals surface area (Å²) >= 11 is 3.22. The molecule has 0 saturated carbocycles. The van der Waals surface area contributed by atoms with E-state index in [1.165, 1.54) is 0 Å². The second-order valence-corrected chi connectivity index (χ2v) is 4.00. The Kier molecular flexibility index (Phi) is 1.97. The Morgan fingerprint density at radius 1 is 1.25 bits per heavy atom. The Hall–Kier alpha value is -1.82. The molecular weight excluding hydrogens is 274 g/mol. The molecule has 1 N–H and O–H groups in total. The molecule has 0 fully saturated rings. The van der Waals surface area contributed by atoms with Gasteiger partial charge in [-0.25, -0.2) is 0 Å². The Balaban J connectivity index is 2.29. The van der Waals surface area contributed by atoms with Crippen LogP contribution in [0.5, 0.6) is 5.75 Å². The van der Waals surface area contributed by atoms with E-state index in [-0.39, 0.29) is 5.75 Å². The summed E-state index contributed by atoms with van der Waals surface area (Å²) in [7, 11) is 0. The smallest absolute Gasteiger partial charge is 0.204 e. The summed E-state index contributed by atoms with van der Waals surface area (Å²) in [6, 6.07) is 6.84. The Morgan fingerprint density at radius 3 is 2.88 bits per heavy atom. The normalized spacial score (nSPS) is 11.1. The van der Waals surface area contributed by atoms with E-state index in [2.05, 4.69) is 26.1 Å². The average molecular weight is 280 g/mol. The molecule has 0 bridgehead atoms. The first-order valence-electron chi connectivity index (χ1n) is 4.54. The summed E-state index contributed by atoms with van der Waals surface area (Å²) < 4.78 is 7.68. The molecule has 0 saturated heterocycles. The second-order valence-electron chi connectivity index (χ2n) is 3.21. The third-order valence-electron chi connectivity index (χ3n) is 2.21. The van der Waals surface area contributed by atoms with Crippen LogP contribution in [0, 0.1) is 0 Å². The van der Waals surface area contributed by atoms with E-state index in [9.17, 15) is 5.11 Å². The van der Waals surface area contributed by atoms with Gasteiger partial charge in [0.05, 0.1) is 0 Å². The molecule has 0 spiro atoms. The lowest BCUT2D eigenvalue weighted by atomic mass is 10.4. The van der Waals surface area contributed by atoms with Gasteiger partial charge in [-0.3, -0.25) is 4.40 Å².